The molecule has 1 saturated heterocycles. The minimum absolute atomic E-state index is 0.0849. The van der Waals surface area contributed by atoms with Crippen LogP contribution in [0.4, 0.5) is 4.79 Å². The van der Waals surface area contributed by atoms with Crippen LogP contribution in [0.25, 0.3) is 6.08 Å². The van der Waals surface area contributed by atoms with Gasteiger partial charge in [-0.15, -0.1) is 0 Å². The number of amides is 2. The SMILES string of the molecule is C=CCOc1c(I)cc(/C=C2/SC(=O)N([C@@H](C)CC)C2=O)cc1I. The lowest BCUT2D eigenvalue weighted by Crippen LogP contribution is -2.36. The van der Waals surface area contributed by atoms with Crippen LogP contribution in [-0.4, -0.2) is 28.7 Å². The van der Waals surface area contributed by atoms with E-state index in [-0.39, 0.29) is 17.2 Å². The van der Waals surface area contributed by atoms with Crippen molar-refractivity contribution in [2.24, 2.45) is 0 Å². The van der Waals surface area contributed by atoms with Crippen molar-refractivity contribution in [2.45, 2.75) is 26.3 Å². The van der Waals surface area contributed by atoms with E-state index in [1.165, 1.54) is 4.90 Å². The Kier molecular flexibility index (Phi) is 7.17. The van der Waals surface area contributed by atoms with Gasteiger partial charge < -0.3 is 4.74 Å². The van der Waals surface area contributed by atoms with Crippen molar-refractivity contribution in [1.29, 1.82) is 0 Å². The number of imide groups is 1. The number of thioether (sulfide) groups is 1. The monoisotopic (exact) mass is 569 g/mol. The van der Waals surface area contributed by atoms with Gasteiger partial charge in [0.2, 0.25) is 0 Å². The van der Waals surface area contributed by atoms with E-state index in [0.717, 1.165) is 36.6 Å². The van der Waals surface area contributed by atoms with Crippen LogP contribution in [0.2, 0.25) is 0 Å². The highest BCUT2D eigenvalue weighted by Crippen LogP contribution is 2.36. The summed E-state index contributed by atoms with van der Waals surface area (Å²) in [7, 11) is 0. The van der Waals surface area contributed by atoms with E-state index in [0.29, 0.717) is 11.5 Å². The minimum atomic E-state index is -0.212. The molecule has 0 N–H and O–H groups in total. The zero-order valence-electron chi connectivity index (χ0n) is 13.3. The molecule has 1 aliphatic rings. The molecule has 24 heavy (non-hydrogen) atoms. The Labute approximate surface area is 173 Å². The van der Waals surface area contributed by atoms with E-state index in [9.17, 15) is 9.59 Å². The molecule has 0 radical (unpaired) electrons. The number of hydrogen-bond acceptors (Lipinski definition) is 4. The molecule has 1 heterocycles. The number of nitrogens with zero attached hydrogens (tertiary/aromatic N) is 1. The molecule has 0 saturated carbocycles. The van der Waals surface area contributed by atoms with E-state index >= 15 is 0 Å². The highest BCUT2D eigenvalue weighted by Gasteiger charge is 2.37. The third-order valence-electron chi connectivity index (χ3n) is 3.52. The summed E-state index contributed by atoms with van der Waals surface area (Å²) in [5, 5.41) is -0.198. The number of hydrogen-bond donors (Lipinski definition) is 0. The number of carbonyl (C=O) groups is 2. The average Bonchev–Trinajstić information content (AvgIpc) is 2.80. The van der Waals surface area contributed by atoms with E-state index in [4.69, 9.17) is 4.74 Å². The van der Waals surface area contributed by atoms with Gasteiger partial charge in [0.05, 0.1) is 12.0 Å². The van der Waals surface area contributed by atoms with Gasteiger partial charge in [-0.2, -0.15) is 0 Å². The van der Waals surface area contributed by atoms with E-state index in [2.05, 4.69) is 51.8 Å². The van der Waals surface area contributed by atoms with Crippen LogP contribution >= 0.6 is 56.9 Å². The fraction of sp³-hybridized carbons (Fsp3) is 0.294. The molecule has 2 rings (SSSR count). The van der Waals surface area contributed by atoms with Crippen LogP contribution in [0.5, 0.6) is 5.75 Å². The van der Waals surface area contributed by atoms with Gasteiger partial charge in [0.25, 0.3) is 11.1 Å². The van der Waals surface area contributed by atoms with Crippen molar-refractivity contribution in [1.82, 2.24) is 4.90 Å². The van der Waals surface area contributed by atoms with Gasteiger partial charge in [-0.1, -0.05) is 19.6 Å². The van der Waals surface area contributed by atoms with Crippen LogP contribution in [0.1, 0.15) is 25.8 Å². The molecule has 0 aromatic heterocycles. The highest BCUT2D eigenvalue weighted by molar-refractivity contribution is 14.1. The second-order valence-electron chi connectivity index (χ2n) is 5.22. The Morgan fingerprint density at radius 2 is 1.96 bits per heavy atom. The smallest absolute Gasteiger partial charge is 0.293 e. The highest BCUT2D eigenvalue weighted by atomic mass is 127. The molecule has 1 aliphatic heterocycles. The molecule has 1 aromatic carbocycles. The first kappa shape index (κ1) is 19.8. The summed E-state index contributed by atoms with van der Waals surface area (Å²) in [4.78, 5) is 26.4. The number of benzene rings is 1. The number of ether oxygens (including phenoxy) is 1. The van der Waals surface area contributed by atoms with Crippen molar-refractivity contribution in [3.63, 3.8) is 0 Å². The molecular weight excluding hydrogens is 552 g/mol. The number of rotatable bonds is 6. The summed E-state index contributed by atoms with van der Waals surface area (Å²) in [5.41, 5.74) is 0.879. The van der Waals surface area contributed by atoms with Crippen molar-refractivity contribution in [3.8, 4) is 5.75 Å². The summed E-state index contributed by atoms with van der Waals surface area (Å²) in [6.45, 7) is 7.94. The molecule has 0 unspecified atom stereocenters. The molecule has 7 heteroatoms. The van der Waals surface area contributed by atoms with E-state index in [1.807, 2.05) is 26.0 Å². The Morgan fingerprint density at radius 1 is 1.33 bits per heavy atom. The minimum Gasteiger partial charge on any atom is -0.487 e. The maximum Gasteiger partial charge on any atom is 0.293 e. The lowest BCUT2D eigenvalue weighted by molar-refractivity contribution is -0.124. The van der Waals surface area contributed by atoms with Gasteiger partial charge in [-0.3, -0.25) is 14.5 Å². The Balaban J connectivity index is 2.30. The van der Waals surface area contributed by atoms with Crippen molar-refractivity contribution >= 4 is 74.2 Å². The van der Waals surface area contributed by atoms with Crippen LogP contribution in [-0.2, 0) is 4.79 Å². The van der Waals surface area contributed by atoms with Crippen molar-refractivity contribution in [3.05, 3.63) is 42.4 Å². The van der Waals surface area contributed by atoms with Gasteiger partial charge in [-0.25, -0.2) is 0 Å². The molecule has 1 atom stereocenters. The zero-order chi connectivity index (χ0) is 17.9. The van der Waals surface area contributed by atoms with Gasteiger partial charge in [0.15, 0.2) is 0 Å². The molecule has 1 aromatic rings. The molecule has 128 valence electrons. The predicted molar refractivity (Wildman–Crippen MR) is 115 cm³/mol. The van der Waals surface area contributed by atoms with E-state index < -0.39 is 0 Å². The average molecular weight is 569 g/mol. The zero-order valence-corrected chi connectivity index (χ0v) is 18.5. The predicted octanol–water partition coefficient (Wildman–Crippen LogP) is 5.30. The first-order valence-electron chi connectivity index (χ1n) is 7.38. The number of carbonyl (C=O) groups excluding carboxylic acids is 2. The van der Waals surface area contributed by atoms with Gasteiger partial charge in [-0.05, 0) is 94.1 Å². The maximum absolute atomic E-state index is 12.5. The van der Waals surface area contributed by atoms with Gasteiger partial charge >= 0.3 is 0 Å². The molecule has 2 amide bonds. The van der Waals surface area contributed by atoms with Gasteiger partial charge in [0.1, 0.15) is 12.4 Å². The second kappa shape index (κ2) is 8.70. The standard InChI is InChI=1S/C17H17I2NO3S/c1-4-6-23-15-12(18)7-11(8-13(15)19)9-14-16(21)20(10(3)5-2)17(22)24-14/h4,7-10H,1,5-6H2,2-3H3/b14-9+/t10-/m0/s1. The van der Waals surface area contributed by atoms with Crippen LogP contribution in [0, 0.1) is 7.14 Å². The molecular formula is C17H17I2NO3S. The van der Waals surface area contributed by atoms with Gasteiger partial charge in [0, 0.05) is 6.04 Å². The maximum atomic E-state index is 12.5. The Bertz CT molecular complexity index is 695. The van der Waals surface area contributed by atoms with Crippen molar-refractivity contribution < 1.29 is 14.3 Å². The third-order valence-corrected chi connectivity index (χ3v) is 6.01. The van der Waals surface area contributed by atoms with Crippen LogP contribution in [0.15, 0.2) is 29.7 Å². The molecule has 0 spiro atoms. The van der Waals surface area contributed by atoms with Crippen molar-refractivity contribution in [2.75, 3.05) is 6.61 Å². The normalized spacial score (nSPS) is 17.5. The fourth-order valence-electron chi connectivity index (χ4n) is 2.14. The quantitative estimate of drug-likeness (QED) is 0.266. The molecule has 0 aliphatic carbocycles. The van der Waals surface area contributed by atoms with Crippen LogP contribution < -0.4 is 4.74 Å². The number of halogens is 2. The molecule has 1 fully saturated rings. The molecule has 0 bridgehead atoms. The second-order valence-corrected chi connectivity index (χ2v) is 8.54. The topological polar surface area (TPSA) is 46.6 Å². The summed E-state index contributed by atoms with van der Waals surface area (Å²) < 4.78 is 7.56. The first-order valence-corrected chi connectivity index (χ1v) is 10.4. The Hall–Kier alpha value is -0.550. The molecule has 4 nitrogen and oxygen atoms in total. The summed E-state index contributed by atoms with van der Waals surface area (Å²) in [6.07, 6.45) is 4.22. The summed E-state index contributed by atoms with van der Waals surface area (Å²) in [6, 6.07) is 3.80. The van der Waals surface area contributed by atoms with E-state index in [1.54, 1.807) is 12.2 Å². The fourth-order valence-corrected chi connectivity index (χ4v) is 5.19. The summed E-state index contributed by atoms with van der Waals surface area (Å²) in [5.74, 6) is 0.595. The van der Waals surface area contributed by atoms with Crippen LogP contribution in [0.3, 0.4) is 0 Å². The lowest BCUT2D eigenvalue weighted by atomic mass is 10.2. The lowest BCUT2D eigenvalue weighted by Gasteiger charge is -2.19. The third kappa shape index (κ3) is 4.34. The summed E-state index contributed by atoms with van der Waals surface area (Å²) >= 11 is 5.41. The first-order chi connectivity index (χ1) is 11.4. The largest absolute Gasteiger partial charge is 0.487 e. The Morgan fingerprint density at radius 3 is 2.50 bits per heavy atom.